The van der Waals surface area contributed by atoms with E-state index in [2.05, 4.69) is 6.26 Å². The van der Waals surface area contributed by atoms with Crippen molar-refractivity contribution in [2.24, 2.45) is 5.73 Å². The molecule has 1 atom stereocenters. The molecule has 0 saturated carbocycles. The van der Waals surface area contributed by atoms with Crippen LogP contribution in [-0.2, 0) is 9.53 Å². The summed E-state index contributed by atoms with van der Waals surface area (Å²) in [6.07, 6.45) is 3.26. The molecule has 5 heteroatoms. The maximum Gasteiger partial charge on any atom is 0.323 e. The van der Waals surface area contributed by atoms with Crippen LogP contribution in [-0.4, -0.2) is 42.1 Å². The van der Waals surface area contributed by atoms with Gasteiger partial charge in [0.05, 0.1) is 6.61 Å². The summed E-state index contributed by atoms with van der Waals surface area (Å²) >= 11 is 3.55. The minimum atomic E-state index is -0.464. The Kier molecular flexibility index (Phi) is 9.77. The second kappa shape index (κ2) is 9.68. The molecule has 0 amide bonds. The first-order chi connectivity index (χ1) is 6.72. The molecule has 0 aliphatic carbocycles. The van der Waals surface area contributed by atoms with Crippen molar-refractivity contribution in [1.29, 1.82) is 0 Å². The lowest BCUT2D eigenvalue weighted by Gasteiger charge is -2.09. The second-order valence-electron chi connectivity index (χ2n) is 2.78. The highest BCUT2D eigenvalue weighted by Crippen LogP contribution is 2.07. The molecule has 0 saturated heterocycles. The van der Waals surface area contributed by atoms with Crippen LogP contribution in [0.4, 0.5) is 0 Å². The Morgan fingerprint density at radius 3 is 2.79 bits per heavy atom. The Morgan fingerprint density at radius 2 is 2.21 bits per heavy atom. The number of hydrogen-bond acceptors (Lipinski definition) is 5. The molecule has 0 bridgehead atoms. The number of thioether (sulfide) groups is 2. The first-order valence-corrected chi connectivity index (χ1v) is 7.26. The van der Waals surface area contributed by atoms with E-state index in [4.69, 9.17) is 10.5 Å². The Balaban J connectivity index is 3.34. The maximum absolute atomic E-state index is 11.1. The van der Waals surface area contributed by atoms with Crippen LogP contribution in [0, 0.1) is 0 Å². The van der Waals surface area contributed by atoms with Gasteiger partial charge in [0.2, 0.25) is 0 Å². The van der Waals surface area contributed by atoms with E-state index in [1.807, 2.05) is 11.8 Å². The van der Waals surface area contributed by atoms with Crippen LogP contribution in [0.15, 0.2) is 0 Å². The summed E-state index contributed by atoms with van der Waals surface area (Å²) < 4.78 is 4.80. The lowest BCUT2D eigenvalue weighted by molar-refractivity contribution is -0.144. The number of nitrogens with two attached hydrogens (primary N) is 1. The van der Waals surface area contributed by atoms with E-state index in [9.17, 15) is 4.79 Å². The van der Waals surface area contributed by atoms with Gasteiger partial charge < -0.3 is 10.5 Å². The first kappa shape index (κ1) is 14.1. The van der Waals surface area contributed by atoms with E-state index >= 15 is 0 Å². The van der Waals surface area contributed by atoms with Crippen LogP contribution >= 0.6 is 23.5 Å². The zero-order chi connectivity index (χ0) is 10.8. The average molecular weight is 237 g/mol. The van der Waals surface area contributed by atoms with Gasteiger partial charge in [0, 0.05) is 5.75 Å². The van der Waals surface area contributed by atoms with Gasteiger partial charge in [0.1, 0.15) is 6.04 Å². The van der Waals surface area contributed by atoms with Crippen LogP contribution in [0.25, 0.3) is 0 Å². The molecule has 0 rings (SSSR count). The minimum absolute atomic E-state index is 0.287. The van der Waals surface area contributed by atoms with E-state index in [0.717, 1.165) is 5.75 Å². The summed E-state index contributed by atoms with van der Waals surface area (Å²) in [5.74, 6) is 2.60. The number of carbonyl (C=O) groups excluding carboxylic acids is 1. The molecule has 3 nitrogen and oxygen atoms in total. The Morgan fingerprint density at radius 1 is 1.50 bits per heavy atom. The highest BCUT2D eigenvalue weighted by molar-refractivity contribution is 7.99. The van der Waals surface area contributed by atoms with Gasteiger partial charge >= 0.3 is 5.97 Å². The first-order valence-electron chi connectivity index (χ1n) is 4.71. The molecule has 0 fully saturated rings. The maximum atomic E-state index is 11.1. The summed E-state index contributed by atoms with van der Waals surface area (Å²) in [7, 11) is 0. The average Bonchev–Trinajstić information content (AvgIpc) is 2.17. The molecule has 0 spiro atoms. The monoisotopic (exact) mass is 237 g/mol. The molecule has 2 N–H and O–H groups in total. The fraction of sp³-hybridized carbons (Fsp3) is 0.889. The molecule has 14 heavy (non-hydrogen) atoms. The zero-order valence-corrected chi connectivity index (χ0v) is 10.5. The van der Waals surface area contributed by atoms with Gasteiger partial charge in [-0.2, -0.15) is 23.5 Å². The van der Waals surface area contributed by atoms with Gasteiger partial charge in [-0.15, -0.1) is 0 Å². The molecule has 0 aromatic heterocycles. The molecule has 84 valence electrons. The van der Waals surface area contributed by atoms with Crippen molar-refractivity contribution in [1.82, 2.24) is 0 Å². The highest BCUT2D eigenvalue weighted by atomic mass is 32.2. The predicted octanol–water partition coefficient (Wildman–Crippen LogP) is 1.36. The van der Waals surface area contributed by atoms with Gasteiger partial charge in [-0.1, -0.05) is 0 Å². The molecule has 0 aliphatic heterocycles. The topological polar surface area (TPSA) is 52.3 Å². The van der Waals surface area contributed by atoms with Crippen LogP contribution in [0.5, 0.6) is 0 Å². The molecule has 0 radical (unpaired) electrons. The number of ether oxygens (including phenoxy) is 1. The number of hydrogen-bond donors (Lipinski definition) is 1. The van der Waals surface area contributed by atoms with Crippen molar-refractivity contribution in [3.05, 3.63) is 0 Å². The standard InChI is InChI=1S/C9H19NO2S2/c1-3-12-9(11)8(10)7-14-6-4-5-13-2/h8H,3-7,10H2,1-2H3. The predicted molar refractivity (Wildman–Crippen MR) is 64.9 cm³/mol. The fourth-order valence-corrected chi connectivity index (χ4v) is 2.35. The summed E-state index contributed by atoms with van der Waals surface area (Å²) in [4.78, 5) is 11.1. The largest absolute Gasteiger partial charge is 0.465 e. The summed E-state index contributed by atoms with van der Waals surface area (Å²) in [6, 6.07) is -0.464. The minimum Gasteiger partial charge on any atom is -0.465 e. The van der Waals surface area contributed by atoms with Crippen molar-refractivity contribution in [2.45, 2.75) is 19.4 Å². The highest BCUT2D eigenvalue weighted by Gasteiger charge is 2.13. The third-order valence-corrected chi connectivity index (χ3v) is 3.39. The van der Waals surface area contributed by atoms with Crippen molar-refractivity contribution in [2.75, 3.05) is 30.1 Å². The Bertz CT molecular complexity index is 156. The number of carbonyl (C=O) groups is 1. The molecule has 0 aromatic rings. The number of rotatable bonds is 8. The molecule has 0 aromatic carbocycles. The molecule has 0 heterocycles. The van der Waals surface area contributed by atoms with Crippen LogP contribution < -0.4 is 5.73 Å². The third-order valence-electron chi connectivity index (χ3n) is 1.52. The van der Waals surface area contributed by atoms with Gasteiger partial charge in [0.25, 0.3) is 0 Å². The quantitative estimate of drug-likeness (QED) is 0.510. The lowest BCUT2D eigenvalue weighted by atomic mass is 10.4. The van der Waals surface area contributed by atoms with Gasteiger partial charge in [0.15, 0.2) is 0 Å². The molecular formula is C9H19NO2S2. The zero-order valence-electron chi connectivity index (χ0n) is 8.82. The summed E-state index contributed by atoms with van der Waals surface area (Å²) in [5.41, 5.74) is 5.62. The van der Waals surface area contributed by atoms with Crippen LogP contribution in [0.3, 0.4) is 0 Å². The van der Waals surface area contributed by atoms with E-state index in [0.29, 0.717) is 12.4 Å². The lowest BCUT2D eigenvalue weighted by Crippen LogP contribution is -2.34. The number of esters is 1. The van der Waals surface area contributed by atoms with E-state index in [1.165, 1.54) is 12.2 Å². The fourth-order valence-electron chi connectivity index (χ4n) is 0.833. The van der Waals surface area contributed by atoms with Crippen LogP contribution in [0.1, 0.15) is 13.3 Å². The molecule has 0 aliphatic rings. The van der Waals surface area contributed by atoms with Crippen molar-refractivity contribution in [3.8, 4) is 0 Å². The second-order valence-corrected chi connectivity index (χ2v) is 4.92. The molecular weight excluding hydrogens is 218 g/mol. The smallest absolute Gasteiger partial charge is 0.323 e. The SMILES string of the molecule is CCOC(=O)C(N)CSCCCSC. The Labute approximate surface area is 94.5 Å². The van der Waals surface area contributed by atoms with Crippen LogP contribution in [0.2, 0.25) is 0 Å². The van der Waals surface area contributed by atoms with Gasteiger partial charge in [-0.3, -0.25) is 4.79 Å². The van der Waals surface area contributed by atoms with E-state index < -0.39 is 6.04 Å². The Hall–Kier alpha value is 0.130. The summed E-state index contributed by atoms with van der Waals surface area (Å²) in [6.45, 7) is 2.19. The van der Waals surface area contributed by atoms with Gasteiger partial charge in [-0.05, 0) is 31.1 Å². The van der Waals surface area contributed by atoms with Crippen molar-refractivity contribution >= 4 is 29.5 Å². The van der Waals surface area contributed by atoms with Gasteiger partial charge in [-0.25, -0.2) is 0 Å². The van der Waals surface area contributed by atoms with Crippen molar-refractivity contribution in [3.63, 3.8) is 0 Å². The summed E-state index contributed by atoms with van der Waals surface area (Å²) in [5, 5.41) is 0. The third kappa shape index (κ3) is 7.53. The normalized spacial score (nSPS) is 12.5. The van der Waals surface area contributed by atoms with E-state index in [-0.39, 0.29) is 5.97 Å². The molecule has 1 unspecified atom stereocenters. The van der Waals surface area contributed by atoms with Crippen molar-refractivity contribution < 1.29 is 9.53 Å². The van der Waals surface area contributed by atoms with E-state index in [1.54, 1.807) is 18.7 Å².